The zero-order valence-electron chi connectivity index (χ0n) is 13.0. The Morgan fingerprint density at radius 2 is 1.91 bits per heavy atom. The summed E-state index contributed by atoms with van der Waals surface area (Å²) in [6.45, 7) is 4.49. The molecule has 1 fully saturated rings. The monoisotopic (exact) mass is 357 g/mol. The van der Waals surface area contributed by atoms with Gasteiger partial charge in [-0.3, -0.25) is 14.4 Å². The summed E-state index contributed by atoms with van der Waals surface area (Å²) in [5.41, 5.74) is -0.0570. The van der Waals surface area contributed by atoms with E-state index >= 15 is 0 Å². The van der Waals surface area contributed by atoms with Gasteiger partial charge in [0.1, 0.15) is 9.75 Å². The first-order valence-corrected chi connectivity index (χ1v) is 7.83. The van der Waals surface area contributed by atoms with E-state index in [-0.39, 0.29) is 12.2 Å². The number of nitrogens with one attached hydrogen (secondary N) is 1. The van der Waals surface area contributed by atoms with Gasteiger partial charge in [-0.05, 0) is 32.9 Å². The Morgan fingerprint density at radius 1 is 1.30 bits per heavy atom. The van der Waals surface area contributed by atoms with Crippen LogP contribution in [0.4, 0.5) is 5.69 Å². The van der Waals surface area contributed by atoms with Crippen LogP contribution in [-0.2, 0) is 14.3 Å². The van der Waals surface area contributed by atoms with Crippen molar-refractivity contribution in [1.29, 1.82) is 0 Å². The fraction of sp³-hybridized carbons (Fsp3) is 0.438. The normalized spacial score (nSPS) is 22.8. The van der Waals surface area contributed by atoms with Gasteiger partial charge in [0.2, 0.25) is 0 Å². The number of esters is 1. The zero-order chi connectivity index (χ0) is 17.4. The average molecular weight is 358 g/mol. The van der Waals surface area contributed by atoms with Gasteiger partial charge in [0, 0.05) is 17.7 Å². The second-order valence-corrected chi connectivity index (χ2v) is 7.37. The summed E-state index contributed by atoms with van der Waals surface area (Å²) < 4.78 is 4.00. The average Bonchev–Trinajstić information content (AvgIpc) is 2.99. The SMILES string of the molecule is CC(=O)c1cccc(NC(=O)[C@H](C)OC(=O)[C@@]2(C)CC2(Cl)Cl)c1. The highest BCUT2D eigenvalue weighted by molar-refractivity contribution is 6.53. The lowest BCUT2D eigenvalue weighted by Crippen LogP contribution is -2.33. The third-order valence-corrected chi connectivity index (χ3v) is 5.00. The molecule has 0 spiro atoms. The summed E-state index contributed by atoms with van der Waals surface area (Å²) in [6.07, 6.45) is -0.721. The molecule has 1 N–H and O–H groups in total. The van der Waals surface area contributed by atoms with E-state index in [1.54, 1.807) is 31.2 Å². The Hall–Kier alpha value is -1.59. The molecular formula is C16H17Cl2NO4. The highest BCUT2D eigenvalue weighted by Crippen LogP contribution is 2.64. The Bertz CT molecular complexity index is 674. The van der Waals surface area contributed by atoms with Crippen LogP contribution in [0.3, 0.4) is 0 Å². The lowest BCUT2D eigenvalue weighted by Gasteiger charge is -2.17. The number of benzene rings is 1. The second kappa shape index (κ2) is 6.13. The van der Waals surface area contributed by atoms with Crippen molar-refractivity contribution in [3.8, 4) is 0 Å². The van der Waals surface area contributed by atoms with Crippen molar-refractivity contribution < 1.29 is 19.1 Å². The standard InChI is InChI=1S/C16H17Cl2NO4/c1-9(20)11-5-4-6-12(7-11)19-13(21)10(2)23-14(22)15(3)8-16(15,17)18/h4-7,10H,8H2,1-3H3,(H,19,21)/t10-,15+/m0/s1. The first-order valence-electron chi connectivity index (χ1n) is 7.07. The molecule has 0 saturated heterocycles. The quantitative estimate of drug-likeness (QED) is 0.498. The molecule has 0 unspecified atom stereocenters. The van der Waals surface area contributed by atoms with E-state index in [4.69, 9.17) is 27.9 Å². The first-order chi connectivity index (χ1) is 10.6. The maximum Gasteiger partial charge on any atom is 0.315 e. The van der Waals surface area contributed by atoms with Gasteiger partial charge in [-0.15, -0.1) is 23.2 Å². The summed E-state index contributed by atoms with van der Waals surface area (Å²) in [6, 6.07) is 6.50. The molecule has 1 aliphatic rings. The molecule has 1 aromatic rings. The Labute approximate surface area is 144 Å². The predicted octanol–water partition coefficient (Wildman–Crippen LogP) is 3.34. The van der Waals surface area contributed by atoms with E-state index in [9.17, 15) is 14.4 Å². The van der Waals surface area contributed by atoms with Gasteiger partial charge >= 0.3 is 5.97 Å². The number of halogens is 2. The molecule has 1 aliphatic carbocycles. The molecule has 124 valence electrons. The molecule has 23 heavy (non-hydrogen) atoms. The first kappa shape index (κ1) is 17.8. The molecule has 1 saturated carbocycles. The van der Waals surface area contributed by atoms with E-state index < -0.39 is 27.7 Å². The molecule has 2 atom stereocenters. The maximum absolute atomic E-state index is 12.1. The zero-order valence-corrected chi connectivity index (χ0v) is 14.5. The maximum atomic E-state index is 12.1. The van der Waals surface area contributed by atoms with Gasteiger partial charge in [0.05, 0.1) is 0 Å². The number of ether oxygens (including phenoxy) is 1. The van der Waals surface area contributed by atoms with Crippen molar-refractivity contribution in [2.45, 2.75) is 37.6 Å². The molecule has 1 aromatic carbocycles. The minimum absolute atomic E-state index is 0.109. The lowest BCUT2D eigenvalue weighted by molar-refractivity contribution is -0.158. The van der Waals surface area contributed by atoms with Crippen molar-refractivity contribution in [3.05, 3.63) is 29.8 Å². The number of carbonyl (C=O) groups excluding carboxylic acids is 3. The fourth-order valence-electron chi connectivity index (χ4n) is 2.03. The summed E-state index contributed by atoms with van der Waals surface area (Å²) in [4.78, 5) is 35.5. The third-order valence-electron chi connectivity index (χ3n) is 3.90. The minimum Gasteiger partial charge on any atom is -0.452 e. The van der Waals surface area contributed by atoms with E-state index in [0.717, 1.165) is 0 Å². The molecule has 0 aromatic heterocycles. The van der Waals surface area contributed by atoms with Crippen molar-refractivity contribution in [1.82, 2.24) is 0 Å². The van der Waals surface area contributed by atoms with Crippen LogP contribution in [-0.4, -0.2) is 28.1 Å². The van der Waals surface area contributed by atoms with Crippen LogP contribution in [0.15, 0.2) is 24.3 Å². The minimum atomic E-state index is -1.14. The van der Waals surface area contributed by atoms with Crippen LogP contribution in [0.2, 0.25) is 0 Å². The molecule has 1 amide bonds. The predicted molar refractivity (Wildman–Crippen MR) is 87.8 cm³/mol. The topological polar surface area (TPSA) is 72.5 Å². The highest BCUT2D eigenvalue weighted by Gasteiger charge is 2.69. The Morgan fingerprint density at radius 3 is 2.43 bits per heavy atom. The molecule has 5 nitrogen and oxygen atoms in total. The van der Waals surface area contributed by atoms with Crippen molar-refractivity contribution in [2.24, 2.45) is 5.41 Å². The third kappa shape index (κ3) is 3.67. The Balaban J connectivity index is 1.97. The summed E-state index contributed by atoms with van der Waals surface area (Å²) in [7, 11) is 0. The van der Waals surface area contributed by atoms with Gasteiger partial charge in [-0.2, -0.15) is 0 Å². The number of Topliss-reactive ketones (excluding diaryl/α,β-unsaturated/α-hetero) is 1. The van der Waals surface area contributed by atoms with Gasteiger partial charge in [-0.25, -0.2) is 0 Å². The van der Waals surface area contributed by atoms with E-state index in [1.807, 2.05) is 0 Å². The molecule has 0 aliphatic heterocycles. The van der Waals surface area contributed by atoms with Gasteiger partial charge in [-0.1, -0.05) is 12.1 Å². The number of hydrogen-bond donors (Lipinski definition) is 1. The Kier molecular flexibility index (Phi) is 4.74. The molecule has 7 heteroatoms. The van der Waals surface area contributed by atoms with Crippen LogP contribution < -0.4 is 5.32 Å². The van der Waals surface area contributed by atoms with Gasteiger partial charge in [0.25, 0.3) is 5.91 Å². The molecule has 0 radical (unpaired) electrons. The van der Waals surface area contributed by atoms with Gasteiger partial charge in [0.15, 0.2) is 11.9 Å². The largest absolute Gasteiger partial charge is 0.452 e. The smallest absolute Gasteiger partial charge is 0.315 e. The number of carbonyl (C=O) groups is 3. The van der Waals surface area contributed by atoms with Crippen molar-refractivity contribution in [3.63, 3.8) is 0 Å². The van der Waals surface area contributed by atoms with Crippen LogP contribution in [0.1, 0.15) is 37.6 Å². The number of rotatable bonds is 5. The van der Waals surface area contributed by atoms with Crippen molar-refractivity contribution >= 4 is 46.5 Å². The lowest BCUT2D eigenvalue weighted by atomic mass is 10.1. The number of anilines is 1. The van der Waals surface area contributed by atoms with Crippen LogP contribution in [0, 0.1) is 5.41 Å². The van der Waals surface area contributed by atoms with Crippen LogP contribution in [0.5, 0.6) is 0 Å². The number of ketones is 1. The second-order valence-electron chi connectivity index (χ2n) is 5.89. The molecule has 2 rings (SSSR count). The van der Waals surface area contributed by atoms with E-state index in [1.165, 1.54) is 13.8 Å². The summed E-state index contributed by atoms with van der Waals surface area (Å²) >= 11 is 11.8. The van der Waals surface area contributed by atoms with E-state index in [2.05, 4.69) is 5.32 Å². The summed E-state index contributed by atoms with van der Waals surface area (Å²) in [5.74, 6) is -1.22. The van der Waals surface area contributed by atoms with Crippen LogP contribution in [0.25, 0.3) is 0 Å². The van der Waals surface area contributed by atoms with Crippen LogP contribution >= 0.6 is 23.2 Å². The fourth-order valence-corrected chi connectivity index (χ4v) is 2.71. The number of amides is 1. The molecule has 0 bridgehead atoms. The van der Waals surface area contributed by atoms with Gasteiger partial charge < -0.3 is 10.1 Å². The summed E-state index contributed by atoms with van der Waals surface area (Å²) in [5, 5.41) is 2.60. The molecular weight excluding hydrogens is 341 g/mol. The highest BCUT2D eigenvalue weighted by atomic mass is 35.5. The number of alkyl halides is 2. The number of hydrogen-bond acceptors (Lipinski definition) is 4. The van der Waals surface area contributed by atoms with E-state index in [0.29, 0.717) is 11.3 Å². The molecule has 0 heterocycles. The van der Waals surface area contributed by atoms with Crippen molar-refractivity contribution in [2.75, 3.05) is 5.32 Å².